The molecule has 35 heavy (non-hydrogen) atoms. The predicted molar refractivity (Wildman–Crippen MR) is 135 cm³/mol. The van der Waals surface area contributed by atoms with Crippen LogP contribution < -0.4 is 0 Å². The van der Waals surface area contributed by atoms with Gasteiger partial charge in [-0.2, -0.15) is 0 Å². The first kappa shape index (κ1) is 25.6. The highest BCUT2D eigenvalue weighted by Gasteiger charge is 2.75. The molecule has 0 aromatic carbocycles. The van der Waals surface area contributed by atoms with Gasteiger partial charge in [0.25, 0.3) is 0 Å². The Morgan fingerprint density at radius 3 is 2.40 bits per heavy atom. The van der Waals surface area contributed by atoms with Crippen LogP contribution in [0, 0.1) is 39.4 Å². The first-order chi connectivity index (χ1) is 16.0. The minimum absolute atomic E-state index is 0.149. The molecule has 5 nitrogen and oxygen atoms in total. The van der Waals surface area contributed by atoms with Crippen molar-refractivity contribution in [3.63, 3.8) is 0 Å². The van der Waals surface area contributed by atoms with Gasteiger partial charge >= 0.3 is 0 Å². The van der Waals surface area contributed by atoms with E-state index in [-0.39, 0.29) is 40.8 Å². The molecule has 5 rings (SSSR count). The first-order valence-corrected chi connectivity index (χ1v) is 13.6. The van der Waals surface area contributed by atoms with Crippen LogP contribution in [0.15, 0.2) is 23.8 Å². The molecule has 5 aliphatic rings. The van der Waals surface area contributed by atoms with Gasteiger partial charge in [-0.3, -0.25) is 4.79 Å². The van der Waals surface area contributed by atoms with E-state index in [1.807, 2.05) is 6.92 Å². The van der Waals surface area contributed by atoms with Crippen molar-refractivity contribution in [1.29, 1.82) is 0 Å². The van der Waals surface area contributed by atoms with Crippen molar-refractivity contribution in [1.82, 2.24) is 0 Å². The van der Waals surface area contributed by atoms with Gasteiger partial charge in [0.1, 0.15) is 11.9 Å². The third kappa shape index (κ3) is 3.11. The summed E-state index contributed by atoms with van der Waals surface area (Å²) < 4.78 is 6.56. The summed E-state index contributed by atoms with van der Waals surface area (Å²) in [6.07, 6.45) is 4.40. The van der Waals surface area contributed by atoms with E-state index in [9.17, 15) is 20.1 Å². The normalized spacial score (nSPS) is 53.5. The number of ketones is 1. The Morgan fingerprint density at radius 1 is 1.11 bits per heavy atom. The second-order valence-electron chi connectivity index (χ2n) is 14.3. The van der Waals surface area contributed by atoms with E-state index in [0.29, 0.717) is 24.2 Å². The Kier molecular flexibility index (Phi) is 5.51. The lowest BCUT2D eigenvalue weighted by Crippen LogP contribution is -2.65. The van der Waals surface area contributed by atoms with Crippen molar-refractivity contribution in [3.8, 4) is 0 Å². The summed E-state index contributed by atoms with van der Waals surface area (Å²) >= 11 is 0. The molecular weight excluding hydrogens is 440 g/mol. The van der Waals surface area contributed by atoms with Crippen molar-refractivity contribution < 1.29 is 24.9 Å². The van der Waals surface area contributed by atoms with Gasteiger partial charge in [0.2, 0.25) is 0 Å². The van der Waals surface area contributed by atoms with Crippen LogP contribution in [0.3, 0.4) is 0 Å². The average Bonchev–Trinajstić information content (AvgIpc) is 2.97. The van der Waals surface area contributed by atoms with Crippen molar-refractivity contribution in [2.75, 3.05) is 0 Å². The van der Waals surface area contributed by atoms with Gasteiger partial charge in [0.15, 0.2) is 0 Å². The van der Waals surface area contributed by atoms with Gasteiger partial charge in [0.05, 0.1) is 23.9 Å². The maximum absolute atomic E-state index is 14.3. The second-order valence-corrected chi connectivity index (χ2v) is 14.3. The fraction of sp³-hybridized carbons (Fsp3) is 0.833. The summed E-state index contributed by atoms with van der Waals surface area (Å²) in [5.74, 6) is 0.439. The average molecular weight is 487 g/mol. The maximum Gasteiger partial charge on any atom is 0.140 e. The number of carbonyl (C=O) groups excluding carboxylic acids is 1. The minimum Gasteiger partial charge on any atom is -0.392 e. The summed E-state index contributed by atoms with van der Waals surface area (Å²) in [5.41, 5.74) is -0.522. The Bertz CT molecular complexity index is 979. The van der Waals surface area contributed by atoms with Crippen LogP contribution >= 0.6 is 0 Å². The fourth-order valence-corrected chi connectivity index (χ4v) is 9.99. The summed E-state index contributed by atoms with van der Waals surface area (Å²) in [5, 5.41) is 33.3. The monoisotopic (exact) mass is 486 g/mol. The summed E-state index contributed by atoms with van der Waals surface area (Å²) in [6.45, 7) is 18.6. The fourth-order valence-electron chi connectivity index (χ4n) is 9.99. The number of Topliss-reactive ketones (excluding diaryl/α,β-unsaturated/α-hetero) is 1. The zero-order chi connectivity index (χ0) is 25.9. The molecule has 5 heteroatoms. The van der Waals surface area contributed by atoms with Crippen LogP contribution in [0.2, 0.25) is 0 Å². The second kappa shape index (κ2) is 7.52. The van der Waals surface area contributed by atoms with Gasteiger partial charge < -0.3 is 20.1 Å². The highest BCUT2D eigenvalue weighted by atomic mass is 16.5. The Balaban J connectivity index is 1.58. The van der Waals surface area contributed by atoms with Crippen LogP contribution in [0.4, 0.5) is 0 Å². The van der Waals surface area contributed by atoms with Gasteiger partial charge in [-0.05, 0) is 67.8 Å². The molecule has 0 aromatic rings. The lowest BCUT2D eigenvalue weighted by atomic mass is 9.38. The zero-order valence-electron chi connectivity index (χ0n) is 22.7. The molecule has 11 unspecified atom stereocenters. The molecule has 0 amide bonds. The van der Waals surface area contributed by atoms with Crippen LogP contribution in [0.1, 0.15) is 87.0 Å². The van der Waals surface area contributed by atoms with E-state index < -0.39 is 28.6 Å². The highest BCUT2D eigenvalue weighted by Crippen LogP contribution is 2.75. The van der Waals surface area contributed by atoms with Crippen LogP contribution in [0.25, 0.3) is 0 Å². The van der Waals surface area contributed by atoms with E-state index in [2.05, 4.69) is 47.3 Å². The lowest BCUT2D eigenvalue weighted by Gasteiger charge is -2.65. The molecule has 3 saturated carbocycles. The van der Waals surface area contributed by atoms with Crippen LogP contribution in [0.5, 0.6) is 0 Å². The Labute approximate surface area is 211 Å². The molecule has 1 aliphatic heterocycles. The zero-order valence-corrected chi connectivity index (χ0v) is 22.7. The lowest BCUT2D eigenvalue weighted by molar-refractivity contribution is -0.217. The largest absolute Gasteiger partial charge is 0.392 e. The first-order valence-electron chi connectivity index (χ1n) is 13.6. The highest BCUT2D eigenvalue weighted by molar-refractivity contribution is 5.88. The minimum atomic E-state index is -1.04. The van der Waals surface area contributed by atoms with E-state index >= 15 is 0 Å². The number of hydrogen-bond donors (Lipinski definition) is 3. The Hall–Kier alpha value is -1.01. The molecule has 11 atom stereocenters. The molecule has 0 aromatic heterocycles. The number of aliphatic hydroxyl groups is 3. The van der Waals surface area contributed by atoms with E-state index in [4.69, 9.17) is 4.74 Å². The number of fused-ring (bicyclic) bond motifs is 7. The topological polar surface area (TPSA) is 87.0 Å². The van der Waals surface area contributed by atoms with Gasteiger partial charge in [-0.15, -0.1) is 0 Å². The quantitative estimate of drug-likeness (QED) is 0.497. The number of hydrogen-bond acceptors (Lipinski definition) is 5. The molecule has 1 heterocycles. The smallest absolute Gasteiger partial charge is 0.140 e. The van der Waals surface area contributed by atoms with Crippen LogP contribution in [-0.2, 0) is 9.53 Å². The van der Waals surface area contributed by atoms with Gasteiger partial charge in [0, 0.05) is 29.6 Å². The Morgan fingerprint density at radius 2 is 1.77 bits per heavy atom. The van der Waals surface area contributed by atoms with Crippen molar-refractivity contribution in [2.45, 2.75) is 117 Å². The molecular formula is C30H46O5. The van der Waals surface area contributed by atoms with Gasteiger partial charge in [-0.1, -0.05) is 52.8 Å². The number of carbonyl (C=O) groups is 1. The SMILES string of the molecule is C=C(C)C(O)C1CC(C)(O)C2C(CC3(C)C4CC=C5C(CCC(O)C5(C)C)C4(C)C(=O)CC23C)O1. The third-order valence-corrected chi connectivity index (χ3v) is 12.1. The number of rotatable bonds is 2. The maximum atomic E-state index is 14.3. The predicted octanol–water partition coefficient (Wildman–Crippen LogP) is 4.59. The summed E-state index contributed by atoms with van der Waals surface area (Å²) in [7, 11) is 0. The molecule has 4 fully saturated rings. The summed E-state index contributed by atoms with van der Waals surface area (Å²) in [6, 6.07) is 0. The van der Waals surface area contributed by atoms with E-state index in [1.54, 1.807) is 6.92 Å². The number of allylic oxidation sites excluding steroid dienone is 1. The molecule has 0 bridgehead atoms. The molecule has 1 saturated heterocycles. The van der Waals surface area contributed by atoms with Crippen molar-refractivity contribution >= 4 is 5.78 Å². The third-order valence-electron chi connectivity index (χ3n) is 12.1. The number of ether oxygens (including phenoxy) is 1. The van der Waals surface area contributed by atoms with E-state index in [1.165, 1.54) is 5.57 Å². The molecule has 196 valence electrons. The molecule has 4 aliphatic carbocycles. The standard InChI is InChI=1S/C30H46O5/c1-16(2)24(33)19-14-29(7,34)25-20(35-19)13-27(5)21-11-9-17-18(10-12-22(31)26(17,3)4)30(21,8)23(32)15-28(25,27)6/h9,18-22,24-25,31,33-34H,1,10-15H2,2-8H3. The molecule has 0 radical (unpaired) electrons. The molecule has 0 spiro atoms. The van der Waals surface area contributed by atoms with E-state index in [0.717, 1.165) is 25.7 Å². The summed E-state index contributed by atoms with van der Waals surface area (Å²) in [4.78, 5) is 14.3. The van der Waals surface area contributed by atoms with Gasteiger partial charge in [-0.25, -0.2) is 0 Å². The van der Waals surface area contributed by atoms with Crippen LogP contribution in [-0.4, -0.2) is 51.1 Å². The molecule has 3 N–H and O–H groups in total. The van der Waals surface area contributed by atoms with Crippen molar-refractivity contribution in [3.05, 3.63) is 23.8 Å². The van der Waals surface area contributed by atoms with Crippen molar-refractivity contribution in [2.24, 2.45) is 39.4 Å². The number of aliphatic hydroxyl groups excluding tert-OH is 2.